The number of aromatic nitrogens is 1. The van der Waals surface area contributed by atoms with Crippen molar-refractivity contribution in [2.75, 3.05) is 17.6 Å². The van der Waals surface area contributed by atoms with E-state index in [1.54, 1.807) is 20.0 Å². The number of hydrogen-bond donors (Lipinski definition) is 2. The molecule has 180 valence electrons. The van der Waals surface area contributed by atoms with E-state index in [9.17, 15) is 14.7 Å². The third kappa shape index (κ3) is 7.93. The van der Waals surface area contributed by atoms with Crippen molar-refractivity contribution in [1.82, 2.24) is 9.88 Å². The molecule has 0 radical (unpaired) electrons. The van der Waals surface area contributed by atoms with E-state index in [0.29, 0.717) is 11.7 Å². The fraction of sp³-hybridized carbons (Fsp3) is 0.542. The molecule has 0 unspecified atom stereocenters. The molecule has 0 atom stereocenters. The van der Waals surface area contributed by atoms with Gasteiger partial charge in [0.05, 0.1) is 10.4 Å². The second-order valence-corrected chi connectivity index (χ2v) is 13.1. The molecule has 6 nitrogen and oxygen atoms in total. The lowest BCUT2D eigenvalue weighted by Crippen LogP contribution is -2.45. The first-order valence-electron chi connectivity index (χ1n) is 11.4. The normalized spacial score (nSPS) is 18.6. The van der Waals surface area contributed by atoms with Crippen LogP contribution in [0.25, 0.3) is 0 Å². The molecule has 3 rings (SSSR count). The minimum atomic E-state index is -0.949. The van der Waals surface area contributed by atoms with Crippen LogP contribution in [0.2, 0.25) is 0 Å². The van der Waals surface area contributed by atoms with Gasteiger partial charge < -0.3 is 10.0 Å². The number of aliphatic carboxylic acids is 1. The van der Waals surface area contributed by atoms with Crippen LogP contribution >= 0.6 is 34.9 Å². The van der Waals surface area contributed by atoms with E-state index in [0.717, 1.165) is 48.0 Å². The first-order valence-corrected chi connectivity index (χ1v) is 14.0. The van der Waals surface area contributed by atoms with Crippen molar-refractivity contribution >= 4 is 52.0 Å². The minimum Gasteiger partial charge on any atom is -0.480 e. The van der Waals surface area contributed by atoms with E-state index in [1.165, 1.54) is 28.0 Å². The van der Waals surface area contributed by atoms with Gasteiger partial charge in [-0.15, -0.1) is 11.8 Å². The summed E-state index contributed by atoms with van der Waals surface area (Å²) in [5.41, 5.74) is 0. The highest BCUT2D eigenvalue weighted by molar-refractivity contribution is 8.03. The summed E-state index contributed by atoms with van der Waals surface area (Å²) < 4.78 is -0.176. The zero-order valence-corrected chi connectivity index (χ0v) is 21.9. The molecule has 1 fully saturated rings. The fourth-order valence-electron chi connectivity index (χ4n) is 3.77. The Morgan fingerprint density at radius 1 is 1.21 bits per heavy atom. The van der Waals surface area contributed by atoms with Crippen LogP contribution in [0.3, 0.4) is 0 Å². The Labute approximate surface area is 208 Å². The molecule has 2 aromatic rings. The van der Waals surface area contributed by atoms with Gasteiger partial charge in [0.2, 0.25) is 0 Å². The number of thiazole rings is 1. The van der Waals surface area contributed by atoms with Crippen molar-refractivity contribution in [1.29, 1.82) is 0 Å². The van der Waals surface area contributed by atoms with Gasteiger partial charge in [0.25, 0.3) is 0 Å². The SMILES string of the molecule is CC1CCC(N(CCCSc2ccccc2)C(=O)Nc2ncc(SC(C)(C)C(=O)O)s2)CC1. The molecule has 1 aromatic heterocycles. The Balaban J connectivity index is 1.59. The number of carboxylic acid groups (broad SMARTS) is 1. The highest BCUT2D eigenvalue weighted by Gasteiger charge is 2.30. The van der Waals surface area contributed by atoms with E-state index in [2.05, 4.69) is 29.4 Å². The highest BCUT2D eigenvalue weighted by Crippen LogP contribution is 2.37. The summed E-state index contributed by atoms with van der Waals surface area (Å²) in [4.78, 5) is 32.2. The number of nitrogens with one attached hydrogen (secondary N) is 1. The number of anilines is 1. The number of nitrogens with zero attached hydrogens (tertiary/aromatic N) is 2. The Hall–Kier alpha value is -1.71. The number of carboxylic acids is 1. The average molecular weight is 508 g/mol. The predicted molar refractivity (Wildman–Crippen MR) is 139 cm³/mol. The molecule has 2 N–H and O–H groups in total. The third-order valence-electron chi connectivity index (χ3n) is 5.81. The number of benzene rings is 1. The second-order valence-electron chi connectivity index (χ2n) is 8.95. The molecule has 1 aliphatic rings. The first-order chi connectivity index (χ1) is 15.7. The van der Waals surface area contributed by atoms with Gasteiger partial charge in [0, 0.05) is 17.5 Å². The smallest absolute Gasteiger partial charge is 0.323 e. The molecule has 1 saturated carbocycles. The van der Waals surface area contributed by atoms with Crippen molar-refractivity contribution in [2.24, 2.45) is 5.92 Å². The molecular weight excluding hydrogens is 474 g/mol. The molecule has 9 heteroatoms. The Morgan fingerprint density at radius 2 is 1.91 bits per heavy atom. The largest absolute Gasteiger partial charge is 0.480 e. The second kappa shape index (κ2) is 12.1. The number of carbonyl (C=O) groups excluding carboxylic acids is 1. The van der Waals surface area contributed by atoms with E-state index < -0.39 is 10.7 Å². The van der Waals surface area contributed by atoms with Crippen LogP contribution < -0.4 is 5.32 Å². The van der Waals surface area contributed by atoms with Gasteiger partial charge in [-0.3, -0.25) is 10.1 Å². The molecule has 1 aromatic carbocycles. The van der Waals surface area contributed by atoms with Crippen molar-refractivity contribution < 1.29 is 14.7 Å². The maximum Gasteiger partial charge on any atom is 0.323 e. The van der Waals surface area contributed by atoms with E-state index in [1.807, 2.05) is 34.9 Å². The van der Waals surface area contributed by atoms with Crippen LogP contribution in [0.4, 0.5) is 9.93 Å². The zero-order chi connectivity index (χ0) is 23.8. The summed E-state index contributed by atoms with van der Waals surface area (Å²) in [6.45, 7) is 6.32. The van der Waals surface area contributed by atoms with E-state index >= 15 is 0 Å². The summed E-state index contributed by atoms with van der Waals surface area (Å²) in [5.74, 6) is 0.799. The van der Waals surface area contributed by atoms with Crippen LogP contribution in [-0.4, -0.2) is 50.1 Å². The van der Waals surface area contributed by atoms with E-state index in [-0.39, 0.29) is 12.1 Å². The molecule has 0 aliphatic heterocycles. The average Bonchev–Trinajstić information content (AvgIpc) is 3.21. The minimum absolute atomic E-state index is 0.109. The summed E-state index contributed by atoms with van der Waals surface area (Å²) in [5, 5.41) is 12.8. The summed E-state index contributed by atoms with van der Waals surface area (Å²) >= 11 is 4.38. The van der Waals surface area contributed by atoms with Gasteiger partial charge in [-0.25, -0.2) is 9.78 Å². The summed E-state index contributed by atoms with van der Waals surface area (Å²) in [6, 6.07) is 10.5. The number of amides is 2. The maximum absolute atomic E-state index is 13.2. The molecule has 2 amide bonds. The van der Waals surface area contributed by atoms with Crippen molar-refractivity contribution in [3.05, 3.63) is 36.5 Å². The van der Waals surface area contributed by atoms with Gasteiger partial charge in [-0.05, 0) is 69.8 Å². The van der Waals surface area contributed by atoms with Gasteiger partial charge >= 0.3 is 12.0 Å². The number of rotatable bonds is 10. The molecule has 1 aliphatic carbocycles. The standard InChI is InChI=1S/C24H33N3O3S3/c1-17-10-12-18(13-11-17)27(14-7-15-31-19-8-5-4-6-9-19)23(30)26-22-25-16-20(32-22)33-24(2,3)21(28)29/h4-6,8-9,16-18H,7,10-15H2,1-3H3,(H,28,29)(H,25,26,30). The maximum atomic E-state index is 13.2. The van der Waals surface area contributed by atoms with E-state index in [4.69, 9.17) is 0 Å². The monoisotopic (exact) mass is 507 g/mol. The molecule has 1 heterocycles. The molecule has 0 saturated heterocycles. The van der Waals surface area contributed by atoms with Crippen molar-refractivity contribution in [2.45, 2.75) is 72.8 Å². The topological polar surface area (TPSA) is 82.5 Å². The van der Waals surface area contributed by atoms with Crippen molar-refractivity contribution in [3.63, 3.8) is 0 Å². The van der Waals surface area contributed by atoms with Crippen molar-refractivity contribution in [3.8, 4) is 0 Å². The first kappa shape index (κ1) is 25.9. The van der Waals surface area contributed by atoms with Crippen LogP contribution in [0, 0.1) is 5.92 Å². The predicted octanol–water partition coefficient (Wildman–Crippen LogP) is 6.69. The fourth-order valence-corrected chi connectivity index (χ4v) is 6.89. The Bertz CT molecular complexity index is 912. The Morgan fingerprint density at radius 3 is 2.58 bits per heavy atom. The molecule has 0 bridgehead atoms. The summed E-state index contributed by atoms with van der Waals surface area (Å²) in [7, 11) is 0. The van der Waals surface area contributed by atoms with Crippen LogP contribution in [0.15, 0.2) is 45.6 Å². The molecular formula is C24H33N3O3S3. The number of carbonyl (C=O) groups is 2. The van der Waals surface area contributed by atoms with Gasteiger partial charge in [0.15, 0.2) is 5.13 Å². The lowest BCUT2D eigenvalue weighted by molar-refractivity contribution is -0.138. The van der Waals surface area contributed by atoms with Crippen LogP contribution in [0.1, 0.15) is 52.9 Å². The molecule has 33 heavy (non-hydrogen) atoms. The lowest BCUT2D eigenvalue weighted by atomic mass is 9.86. The Kier molecular flexibility index (Phi) is 9.52. The molecule has 0 spiro atoms. The van der Waals surface area contributed by atoms with Gasteiger partial charge in [-0.2, -0.15) is 0 Å². The number of thioether (sulfide) groups is 2. The van der Waals surface area contributed by atoms with Gasteiger partial charge in [0.1, 0.15) is 4.75 Å². The number of hydrogen-bond acceptors (Lipinski definition) is 6. The van der Waals surface area contributed by atoms with Crippen LogP contribution in [0.5, 0.6) is 0 Å². The van der Waals surface area contributed by atoms with Crippen LogP contribution in [-0.2, 0) is 4.79 Å². The third-order valence-corrected chi connectivity index (χ3v) is 9.11. The lowest BCUT2D eigenvalue weighted by Gasteiger charge is -2.36. The summed E-state index contributed by atoms with van der Waals surface area (Å²) in [6.07, 6.45) is 6.92. The number of urea groups is 1. The van der Waals surface area contributed by atoms with Gasteiger partial charge in [-0.1, -0.05) is 48.2 Å². The zero-order valence-electron chi connectivity index (χ0n) is 19.5. The highest BCUT2D eigenvalue weighted by atomic mass is 32.2. The quantitative estimate of drug-likeness (QED) is 0.275.